The van der Waals surface area contributed by atoms with Gasteiger partial charge in [-0.15, -0.1) is 11.3 Å². The van der Waals surface area contributed by atoms with Crippen LogP contribution in [0.15, 0.2) is 48.0 Å². The predicted molar refractivity (Wildman–Crippen MR) is 115 cm³/mol. The van der Waals surface area contributed by atoms with Crippen LogP contribution in [0, 0.1) is 6.92 Å². The summed E-state index contributed by atoms with van der Waals surface area (Å²) in [5, 5.41) is 3.13. The highest BCUT2D eigenvalue weighted by atomic mass is 32.1. The average Bonchev–Trinajstić information content (AvgIpc) is 3.45. The van der Waals surface area contributed by atoms with Gasteiger partial charge in [0.05, 0.1) is 29.3 Å². The highest BCUT2D eigenvalue weighted by Crippen LogP contribution is 2.35. The lowest BCUT2D eigenvalue weighted by atomic mass is 10.1. The van der Waals surface area contributed by atoms with Gasteiger partial charge in [-0.05, 0) is 36.6 Å². The van der Waals surface area contributed by atoms with E-state index in [2.05, 4.69) is 62.1 Å². The fraction of sp³-hybridized carbons (Fsp3) is 0.391. The van der Waals surface area contributed by atoms with Crippen LogP contribution in [-0.4, -0.2) is 44.4 Å². The number of nitrogens with zero attached hydrogens (tertiary/aromatic N) is 4. The number of benzene rings is 1. The fourth-order valence-electron chi connectivity index (χ4n) is 4.70. The van der Waals surface area contributed by atoms with E-state index in [1.165, 1.54) is 11.1 Å². The van der Waals surface area contributed by atoms with Crippen molar-refractivity contribution in [1.29, 1.82) is 0 Å². The van der Waals surface area contributed by atoms with Crippen molar-refractivity contribution in [2.45, 2.75) is 45.4 Å². The maximum absolute atomic E-state index is 13.2. The van der Waals surface area contributed by atoms with E-state index in [0.717, 1.165) is 42.5 Å². The van der Waals surface area contributed by atoms with Crippen LogP contribution in [0.3, 0.4) is 0 Å². The third-order valence-corrected chi connectivity index (χ3v) is 7.01. The number of carbonyl (C=O) groups is 1. The lowest BCUT2D eigenvalue weighted by Gasteiger charge is -2.38. The van der Waals surface area contributed by atoms with E-state index < -0.39 is 0 Å². The Bertz CT molecular complexity index is 1020. The van der Waals surface area contributed by atoms with Crippen molar-refractivity contribution < 1.29 is 4.79 Å². The lowest BCUT2D eigenvalue weighted by Crippen LogP contribution is -2.49. The summed E-state index contributed by atoms with van der Waals surface area (Å²) in [6.45, 7) is 7.57. The van der Waals surface area contributed by atoms with Crippen LogP contribution in [0.25, 0.3) is 0 Å². The summed E-state index contributed by atoms with van der Waals surface area (Å²) < 4.78 is 2.19. The Morgan fingerprint density at radius 1 is 1.07 bits per heavy atom. The van der Waals surface area contributed by atoms with Gasteiger partial charge in [0.15, 0.2) is 0 Å². The summed E-state index contributed by atoms with van der Waals surface area (Å²) in [6.07, 6.45) is 3.13. The minimum Gasteiger partial charge on any atom is -0.337 e. The summed E-state index contributed by atoms with van der Waals surface area (Å²) >= 11 is 1.65. The van der Waals surface area contributed by atoms with E-state index in [-0.39, 0.29) is 11.9 Å². The van der Waals surface area contributed by atoms with Gasteiger partial charge in [0, 0.05) is 31.2 Å². The molecule has 0 aliphatic carbocycles. The van der Waals surface area contributed by atoms with Gasteiger partial charge >= 0.3 is 0 Å². The molecule has 0 bridgehead atoms. The fourth-order valence-corrected chi connectivity index (χ4v) is 5.30. The highest BCUT2D eigenvalue weighted by Gasteiger charge is 2.44. The van der Waals surface area contributed by atoms with Gasteiger partial charge < -0.3 is 9.47 Å². The Labute approximate surface area is 175 Å². The summed E-state index contributed by atoms with van der Waals surface area (Å²) in [4.78, 5) is 22.4. The maximum atomic E-state index is 13.2. The molecule has 1 aromatic carbocycles. The number of aryl methyl sites for hydroxylation is 2. The molecule has 5 rings (SSSR count). The number of rotatable bonds is 5. The number of carbonyl (C=O) groups excluding carboxylic acids is 1. The van der Waals surface area contributed by atoms with E-state index >= 15 is 0 Å². The quantitative estimate of drug-likeness (QED) is 0.645. The zero-order valence-electron chi connectivity index (χ0n) is 16.9. The van der Waals surface area contributed by atoms with Crippen molar-refractivity contribution in [2.24, 2.45) is 0 Å². The Balaban J connectivity index is 1.39. The molecule has 2 aromatic heterocycles. The highest BCUT2D eigenvalue weighted by molar-refractivity contribution is 7.09. The topological polar surface area (TPSA) is 41.4 Å². The molecule has 29 heavy (non-hydrogen) atoms. The molecule has 1 fully saturated rings. The molecule has 6 heteroatoms. The molecule has 2 aliphatic rings. The van der Waals surface area contributed by atoms with Crippen LogP contribution in [0.4, 0.5) is 0 Å². The van der Waals surface area contributed by atoms with Crippen molar-refractivity contribution >= 4 is 17.2 Å². The number of likely N-dealkylation sites (tertiary alicyclic amines) is 1. The van der Waals surface area contributed by atoms with Gasteiger partial charge in [-0.25, -0.2) is 4.98 Å². The third-order valence-electron chi connectivity index (χ3n) is 6.19. The first kappa shape index (κ1) is 18.6. The van der Waals surface area contributed by atoms with E-state index in [4.69, 9.17) is 0 Å². The van der Waals surface area contributed by atoms with Crippen molar-refractivity contribution in [3.63, 3.8) is 0 Å². The average molecular weight is 407 g/mol. The van der Waals surface area contributed by atoms with E-state index in [1.807, 2.05) is 19.1 Å². The van der Waals surface area contributed by atoms with Crippen LogP contribution in [-0.2, 0) is 19.5 Å². The molecule has 1 amide bonds. The maximum Gasteiger partial charge on any atom is 0.271 e. The minimum absolute atomic E-state index is 0.121. The zero-order valence-corrected chi connectivity index (χ0v) is 17.7. The van der Waals surface area contributed by atoms with Gasteiger partial charge in [-0.1, -0.05) is 31.2 Å². The first-order valence-corrected chi connectivity index (χ1v) is 11.2. The molecule has 0 N–H and O–H groups in total. The van der Waals surface area contributed by atoms with E-state index in [0.29, 0.717) is 12.6 Å². The SMILES string of the molecule is CCc1ccc(CN2C[C@@H]3[C@H](C2)N(Cc2csc(C)n2)C(=O)c2cccn23)cc1. The molecule has 2 aliphatic heterocycles. The minimum atomic E-state index is 0.121. The molecule has 2 atom stereocenters. The first-order valence-electron chi connectivity index (χ1n) is 10.3. The molecule has 150 valence electrons. The Kier molecular flexibility index (Phi) is 4.76. The molecule has 5 nitrogen and oxygen atoms in total. The standard InChI is InChI=1S/C23H26N4OS/c1-3-17-6-8-18(9-7-17)11-25-13-21-22(14-25)27(12-19-15-29-16(2)24-19)23(28)20-5-4-10-26(20)21/h4-10,15,21-22H,3,11-14H2,1-2H3/t21-,22+/m1/s1. The third kappa shape index (κ3) is 3.40. The van der Waals surface area contributed by atoms with Crippen LogP contribution in [0.1, 0.15) is 45.3 Å². The van der Waals surface area contributed by atoms with Crippen molar-refractivity contribution in [3.05, 3.63) is 75.5 Å². The van der Waals surface area contributed by atoms with Crippen molar-refractivity contribution in [2.75, 3.05) is 13.1 Å². The number of aromatic nitrogens is 2. The molecule has 0 radical (unpaired) electrons. The molecule has 4 heterocycles. The molecular formula is C23H26N4OS. The van der Waals surface area contributed by atoms with Crippen molar-refractivity contribution in [1.82, 2.24) is 19.4 Å². The van der Waals surface area contributed by atoms with E-state index in [9.17, 15) is 4.79 Å². The van der Waals surface area contributed by atoms with E-state index in [1.54, 1.807) is 11.3 Å². The lowest BCUT2D eigenvalue weighted by molar-refractivity contribution is 0.0553. The van der Waals surface area contributed by atoms with Crippen LogP contribution >= 0.6 is 11.3 Å². The monoisotopic (exact) mass is 406 g/mol. The number of amides is 1. The number of thiazole rings is 1. The van der Waals surface area contributed by atoms with Gasteiger partial charge in [0.2, 0.25) is 0 Å². The smallest absolute Gasteiger partial charge is 0.271 e. The Morgan fingerprint density at radius 3 is 2.55 bits per heavy atom. The normalized spacial score (nSPS) is 21.4. The second kappa shape index (κ2) is 7.43. The van der Waals surface area contributed by atoms with Crippen molar-refractivity contribution in [3.8, 4) is 0 Å². The largest absolute Gasteiger partial charge is 0.337 e. The zero-order chi connectivity index (χ0) is 20.0. The summed E-state index contributed by atoms with van der Waals surface area (Å²) in [7, 11) is 0. The first-order chi connectivity index (χ1) is 14.1. The molecule has 0 unspecified atom stereocenters. The summed E-state index contributed by atoms with van der Waals surface area (Å²) in [5.41, 5.74) is 4.50. The van der Waals surface area contributed by atoms with Gasteiger partial charge in [-0.2, -0.15) is 0 Å². The van der Waals surface area contributed by atoms with Gasteiger partial charge in [0.25, 0.3) is 5.91 Å². The Morgan fingerprint density at radius 2 is 1.83 bits per heavy atom. The second-order valence-electron chi connectivity index (χ2n) is 8.09. The van der Waals surface area contributed by atoms with Gasteiger partial charge in [0.1, 0.15) is 5.69 Å². The van der Waals surface area contributed by atoms with Crippen LogP contribution in [0.2, 0.25) is 0 Å². The molecular weight excluding hydrogens is 380 g/mol. The second-order valence-corrected chi connectivity index (χ2v) is 9.15. The molecule has 1 saturated heterocycles. The molecule has 0 saturated carbocycles. The van der Waals surface area contributed by atoms with Crippen LogP contribution in [0.5, 0.6) is 0 Å². The molecule has 0 spiro atoms. The predicted octanol–water partition coefficient (Wildman–Crippen LogP) is 3.90. The molecule has 3 aromatic rings. The summed E-state index contributed by atoms with van der Waals surface area (Å²) in [6, 6.07) is 13.3. The number of hydrogen-bond acceptors (Lipinski definition) is 4. The number of fused-ring (bicyclic) bond motifs is 3. The van der Waals surface area contributed by atoms with Gasteiger partial charge in [-0.3, -0.25) is 9.69 Å². The Hall–Kier alpha value is -2.44. The van der Waals surface area contributed by atoms with Crippen LogP contribution < -0.4 is 0 Å². The number of hydrogen-bond donors (Lipinski definition) is 0. The summed E-state index contributed by atoms with van der Waals surface area (Å²) in [5.74, 6) is 0.121.